The minimum Gasteiger partial charge on any atom is -0.398 e. The maximum atomic E-state index is 12.7. The van der Waals surface area contributed by atoms with Crippen LogP contribution < -0.4 is 10.5 Å². The molecule has 1 atom stereocenters. The standard InChI is InChI=1S/C15H26N2O2S/c1-9-8-13(16)11(3)14(10(9)2)20(18,19)17-12(4)15(5,6)7/h8,12,17H,16H2,1-7H3. The summed E-state index contributed by atoms with van der Waals surface area (Å²) in [5, 5.41) is 0. The molecule has 0 spiro atoms. The molecule has 0 heterocycles. The molecule has 0 aliphatic rings. The molecule has 0 radical (unpaired) electrons. The van der Waals surface area contributed by atoms with Crippen molar-refractivity contribution in [2.45, 2.75) is 59.4 Å². The first kappa shape index (κ1) is 17.0. The quantitative estimate of drug-likeness (QED) is 0.843. The van der Waals surface area contributed by atoms with E-state index in [4.69, 9.17) is 5.73 Å². The third-order valence-electron chi connectivity index (χ3n) is 3.98. The summed E-state index contributed by atoms with van der Waals surface area (Å²) < 4.78 is 28.1. The van der Waals surface area contributed by atoms with Crippen LogP contribution in [0.1, 0.15) is 44.4 Å². The zero-order valence-corrected chi connectivity index (χ0v) is 14.3. The van der Waals surface area contributed by atoms with Crippen LogP contribution in [-0.4, -0.2) is 14.5 Å². The van der Waals surface area contributed by atoms with Crippen molar-refractivity contribution in [3.8, 4) is 0 Å². The molecule has 5 heteroatoms. The Balaban J connectivity index is 3.38. The molecule has 0 amide bonds. The molecule has 0 aliphatic heterocycles. The van der Waals surface area contributed by atoms with Crippen molar-refractivity contribution in [3.05, 3.63) is 22.8 Å². The highest BCUT2D eigenvalue weighted by molar-refractivity contribution is 7.89. The molecule has 0 saturated carbocycles. The van der Waals surface area contributed by atoms with Gasteiger partial charge in [0.25, 0.3) is 0 Å². The van der Waals surface area contributed by atoms with E-state index in [1.807, 2.05) is 47.6 Å². The van der Waals surface area contributed by atoms with Crippen molar-refractivity contribution in [2.75, 3.05) is 5.73 Å². The molecule has 20 heavy (non-hydrogen) atoms. The smallest absolute Gasteiger partial charge is 0.241 e. The Kier molecular flexibility index (Phi) is 4.56. The minimum absolute atomic E-state index is 0.149. The number of anilines is 1. The van der Waals surface area contributed by atoms with E-state index in [0.29, 0.717) is 16.1 Å². The van der Waals surface area contributed by atoms with Crippen LogP contribution >= 0.6 is 0 Å². The average Bonchev–Trinajstić information content (AvgIpc) is 2.24. The van der Waals surface area contributed by atoms with Crippen molar-refractivity contribution < 1.29 is 8.42 Å². The number of nitrogens with one attached hydrogen (secondary N) is 1. The normalized spacial score (nSPS) is 14.3. The SMILES string of the molecule is Cc1cc(N)c(C)c(S(=O)(=O)NC(C)C(C)(C)C)c1C. The van der Waals surface area contributed by atoms with Gasteiger partial charge in [-0.05, 0) is 55.9 Å². The monoisotopic (exact) mass is 298 g/mol. The van der Waals surface area contributed by atoms with Gasteiger partial charge in [0.15, 0.2) is 0 Å². The fourth-order valence-corrected chi connectivity index (χ4v) is 3.93. The molecule has 0 aromatic heterocycles. The molecule has 1 aromatic rings. The lowest BCUT2D eigenvalue weighted by Gasteiger charge is -2.28. The van der Waals surface area contributed by atoms with Crippen LogP contribution in [0.3, 0.4) is 0 Å². The number of hydrogen-bond acceptors (Lipinski definition) is 3. The first-order valence-corrected chi connectivity index (χ1v) is 8.25. The van der Waals surface area contributed by atoms with Crippen molar-refractivity contribution in [1.29, 1.82) is 0 Å². The fraction of sp³-hybridized carbons (Fsp3) is 0.600. The van der Waals surface area contributed by atoms with Gasteiger partial charge >= 0.3 is 0 Å². The number of rotatable bonds is 3. The van der Waals surface area contributed by atoms with Crippen molar-refractivity contribution in [2.24, 2.45) is 5.41 Å². The molecule has 4 nitrogen and oxygen atoms in total. The maximum absolute atomic E-state index is 12.7. The summed E-state index contributed by atoms with van der Waals surface area (Å²) in [7, 11) is -3.58. The van der Waals surface area contributed by atoms with Gasteiger partial charge in [0.1, 0.15) is 0 Å². The third kappa shape index (κ3) is 3.33. The second-order valence-corrected chi connectivity index (χ2v) is 8.22. The molecule has 114 valence electrons. The molecule has 0 bridgehead atoms. The number of hydrogen-bond donors (Lipinski definition) is 2. The topological polar surface area (TPSA) is 72.2 Å². The van der Waals surface area contributed by atoms with Gasteiger partial charge < -0.3 is 5.73 Å². The molecule has 0 saturated heterocycles. The van der Waals surface area contributed by atoms with Gasteiger partial charge in [0, 0.05) is 11.7 Å². The Morgan fingerprint density at radius 1 is 1.15 bits per heavy atom. The second kappa shape index (κ2) is 5.37. The van der Waals surface area contributed by atoms with Gasteiger partial charge in [-0.15, -0.1) is 0 Å². The van der Waals surface area contributed by atoms with Gasteiger partial charge in [0.2, 0.25) is 10.0 Å². The summed E-state index contributed by atoms with van der Waals surface area (Å²) in [6.07, 6.45) is 0. The highest BCUT2D eigenvalue weighted by Crippen LogP contribution is 2.29. The third-order valence-corrected chi connectivity index (χ3v) is 5.79. The fourth-order valence-electron chi connectivity index (χ4n) is 1.91. The van der Waals surface area contributed by atoms with Gasteiger partial charge in [0.05, 0.1) is 4.90 Å². The van der Waals surface area contributed by atoms with E-state index >= 15 is 0 Å². The lowest BCUT2D eigenvalue weighted by Crippen LogP contribution is -2.41. The van der Waals surface area contributed by atoms with Gasteiger partial charge in [-0.3, -0.25) is 0 Å². The number of nitrogen functional groups attached to an aromatic ring is 1. The second-order valence-electron chi connectivity index (χ2n) is 6.57. The number of benzene rings is 1. The van der Waals surface area contributed by atoms with Crippen LogP contribution in [0.15, 0.2) is 11.0 Å². The Hall–Kier alpha value is -1.07. The number of aryl methyl sites for hydroxylation is 1. The Bertz CT molecular complexity index is 587. The highest BCUT2D eigenvalue weighted by atomic mass is 32.2. The zero-order valence-electron chi connectivity index (χ0n) is 13.5. The molecular formula is C15H26N2O2S. The van der Waals surface area contributed by atoms with E-state index < -0.39 is 10.0 Å². The molecule has 0 aliphatic carbocycles. The Labute approximate surface area is 122 Å². The van der Waals surface area contributed by atoms with Crippen molar-refractivity contribution in [3.63, 3.8) is 0 Å². The lowest BCUT2D eigenvalue weighted by atomic mass is 9.89. The summed E-state index contributed by atoms with van der Waals surface area (Å²) >= 11 is 0. The van der Waals surface area contributed by atoms with Crippen LogP contribution in [0, 0.1) is 26.2 Å². The predicted molar refractivity (Wildman–Crippen MR) is 84.3 cm³/mol. The molecule has 3 N–H and O–H groups in total. The maximum Gasteiger partial charge on any atom is 0.241 e. The average molecular weight is 298 g/mol. The molecule has 1 rings (SSSR count). The summed E-state index contributed by atoms with van der Waals surface area (Å²) in [6.45, 7) is 13.3. The van der Waals surface area contributed by atoms with Crippen LogP contribution in [0.5, 0.6) is 0 Å². The molecule has 1 aromatic carbocycles. The Morgan fingerprint density at radius 3 is 2.10 bits per heavy atom. The zero-order chi connectivity index (χ0) is 15.9. The Morgan fingerprint density at radius 2 is 1.65 bits per heavy atom. The van der Waals surface area contributed by atoms with E-state index in [1.54, 1.807) is 6.92 Å². The van der Waals surface area contributed by atoms with Crippen molar-refractivity contribution >= 4 is 15.7 Å². The minimum atomic E-state index is -3.58. The largest absolute Gasteiger partial charge is 0.398 e. The van der Waals surface area contributed by atoms with E-state index in [2.05, 4.69) is 4.72 Å². The lowest BCUT2D eigenvalue weighted by molar-refractivity contribution is 0.317. The summed E-state index contributed by atoms with van der Waals surface area (Å²) in [5.41, 5.74) is 8.53. The first-order chi connectivity index (χ1) is 8.88. The molecule has 1 unspecified atom stereocenters. The summed E-state index contributed by atoms with van der Waals surface area (Å²) in [5.74, 6) is 0. The summed E-state index contributed by atoms with van der Waals surface area (Å²) in [6, 6.07) is 1.64. The van der Waals surface area contributed by atoms with E-state index in [-0.39, 0.29) is 11.5 Å². The highest BCUT2D eigenvalue weighted by Gasteiger charge is 2.28. The number of sulfonamides is 1. The van der Waals surface area contributed by atoms with Gasteiger partial charge in [-0.25, -0.2) is 13.1 Å². The van der Waals surface area contributed by atoms with Gasteiger partial charge in [-0.2, -0.15) is 0 Å². The molecular weight excluding hydrogens is 272 g/mol. The predicted octanol–water partition coefficient (Wildman–Crippen LogP) is 2.91. The first-order valence-electron chi connectivity index (χ1n) is 6.76. The van der Waals surface area contributed by atoms with Gasteiger partial charge in [-0.1, -0.05) is 20.8 Å². The van der Waals surface area contributed by atoms with E-state index in [0.717, 1.165) is 11.1 Å². The van der Waals surface area contributed by atoms with Crippen LogP contribution in [0.2, 0.25) is 0 Å². The number of nitrogens with two attached hydrogens (primary N) is 1. The molecule has 0 fully saturated rings. The van der Waals surface area contributed by atoms with Crippen LogP contribution in [0.25, 0.3) is 0 Å². The van der Waals surface area contributed by atoms with Crippen LogP contribution in [0.4, 0.5) is 5.69 Å². The summed E-state index contributed by atoms with van der Waals surface area (Å²) in [4.78, 5) is 0.311. The van der Waals surface area contributed by atoms with E-state index in [1.165, 1.54) is 0 Å². The van der Waals surface area contributed by atoms with Crippen LogP contribution in [-0.2, 0) is 10.0 Å². The van der Waals surface area contributed by atoms with E-state index in [9.17, 15) is 8.42 Å². The van der Waals surface area contributed by atoms with Crippen molar-refractivity contribution in [1.82, 2.24) is 4.72 Å².